The van der Waals surface area contributed by atoms with Gasteiger partial charge in [0, 0.05) is 26.3 Å². The van der Waals surface area contributed by atoms with Crippen LogP contribution in [0.3, 0.4) is 0 Å². The maximum atomic E-state index is 14.4. The molecule has 41 heteroatoms. The second-order valence-electron chi connectivity index (χ2n) is 37.2. The van der Waals surface area contributed by atoms with Gasteiger partial charge < -0.3 is 111 Å². The number of aliphatic carboxylic acids is 1. The van der Waals surface area contributed by atoms with E-state index in [0.717, 1.165) is 0 Å². The second-order valence-corrected chi connectivity index (χ2v) is 37.2. The summed E-state index contributed by atoms with van der Waals surface area (Å²) in [6.45, 7) is 38.5. The van der Waals surface area contributed by atoms with Crippen LogP contribution < -0.4 is 96.1 Å². The Morgan fingerprint density at radius 3 is 1.11 bits per heavy atom. The van der Waals surface area contributed by atoms with Crippen molar-refractivity contribution in [3.8, 4) is 0 Å². The van der Waals surface area contributed by atoms with Gasteiger partial charge in [-0.15, -0.1) is 0 Å². The van der Waals surface area contributed by atoms with E-state index in [9.17, 15) is 106 Å². The van der Waals surface area contributed by atoms with Gasteiger partial charge >= 0.3 is 5.97 Å². The lowest BCUT2D eigenvalue weighted by Crippen LogP contribution is -2.68. The molecule has 0 aliphatic carbocycles. The minimum atomic E-state index is -1.91. The first-order chi connectivity index (χ1) is 54.2. The topological polar surface area (TPSA) is 616 Å². The fraction of sp³-hybridized carbons (Fsp3) is 0.747. The molecular weight excluding hydrogens is 1570 g/mol. The van der Waals surface area contributed by atoms with Gasteiger partial charge in [-0.3, -0.25) is 95.9 Å². The van der Waals surface area contributed by atoms with Crippen LogP contribution in [0.2, 0.25) is 0 Å². The molecule has 0 aromatic heterocycles. The summed E-state index contributed by atoms with van der Waals surface area (Å²) in [4.78, 5) is 271. The molecule has 1 unspecified atom stereocenters. The van der Waals surface area contributed by atoms with Crippen molar-refractivity contribution in [2.45, 2.75) is 343 Å². The van der Waals surface area contributed by atoms with Crippen molar-refractivity contribution in [2.75, 3.05) is 19.7 Å². The zero-order valence-corrected chi connectivity index (χ0v) is 75.1. The van der Waals surface area contributed by atoms with Crippen molar-refractivity contribution in [2.24, 2.45) is 23.5 Å². The highest BCUT2D eigenvalue weighted by atomic mass is 16.4. The molecule has 0 aromatic carbocycles. The van der Waals surface area contributed by atoms with Gasteiger partial charge in [0.2, 0.25) is 112 Å². The zero-order chi connectivity index (χ0) is 93.7. The minimum Gasteiger partial charge on any atom is -0.481 e. The minimum absolute atomic E-state index is 0.0277. The third-order valence-corrected chi connectivity index (χ3v) is 19.6. The molecule has 1 heterocycles. The maximum Gasteiger partial charge on any atom is 0.303 e. The van der Waals surface area contributed by atoms with Gasteiger partial charge in [-0.05, 0) is 202 Å². The van der Waals surface area contributed by atoms with Crippen molar-refractivity contribution < 1.29 is 106 Å². The van der Waals surface area contributed by atoms with Crippen LogP contribution in [0.4, 0.5) is 0 Å². The molecule has 0 aromatic rings. The van der Waals surface area contributed by atoms with Crippen LogP contribution >= 0.6 is 0 Å². The molecular formula is C79H137N19O22. The number of hydrogen-bond acceptors (Lipinski definition) is 21. The van der Waals surface area contributed by atoms with Crippen LogP contribution in [0.5, 0.6) is 0 Å². The molecule has 1 fully saturated rings. The molecule has 7 atom stereocenters. The Hall–Kier alpha value is -10.6. The summed E-state index contributed by atoms with van der Waals surface area (Å²) in [6.07, 6.45) is -1.15. The molecule has 0 spiro atoms. The molecule has 0 bridgehead atoms. The molecule has 1 aliphatic heterocycles. The average Bonchev–Trinajstić information content (AvgIpc) is 1.85. The molecule has 0 saturated carbocycles. The number of carbonyl (C=O) groups excluding carboxylic acids is 19. The van der Waals surface area contributed by atoms with E-state index in [-0.39, 0.29) is 50.0 Å². The molecule has 0 radical (unpaired) electrons. The lowest BCUT2D eigenvalue weighted by Gasteiger charge is -2.37. The summed E-state index contributed by atoms with van der Waals surface area (Å²) in [7, 11) is 0. The highest BCUT2D eigenvalue weighted by Gasteiger charge is 2.48. The first kappa shape index (κ1) is 107. The van der Waals surface area contributed by atoms with Crippen LogP contribution in [0.25, 0.3) is 0 Å². The molecule has 680 valence electrons. The Morgan fingerprint density at radius 2 is 0.717 bits per heavy atom. The SMILES string of the molecule is CC(=O)NC(C)(C)C(=O)NCC(=O)NC(C)(C)C(=O)N[C@@H](CC(C)C)C(=O)NC(C)(C)C(=O)N[C@@H](CCC(N)=O)C(=O)NC(C)(C)C(=O)NC(C)(C)C(=O)NC(C)(C)C(=O)N[C@@H](C)C(=O)NC(C)(C)C(=O)NC(C)(C)C(=O)N1CCC[C@H]1C(=O)N[C@@H](CC(C)C)C(=O)NC(C)(C)C(=O)NC(C)(C)C(=O)N[C@@H](CCC(=O)O)C(=O)NC(CO)C(C)C. The lowest BCUT2D eigenvalue weighted by molar-refractivity contribution is -0.146. The van der Waals surface area contributed by atoms with Crippen molar-refractivity contribution >= 4 is 118 Å². The summed E-state index contributed by atoms with van der Waals surface area (Å²) in [5.74, 6) is -17.8. The third-order valence-electron chi connectivity index (χ3n) is 19.6. The van der Waals surface area contributed by atoms with Crippen LogP contribution in [-0.2, 0) is 95.9 Å². The Labute approximate surface area is 702 Å². The van der Waals surface area contributed by atoms with Gasteiger partial charge in [0.1, 0.15) is 91.6 Å². The Kier molecular flexibility index (Phi) is 38.5. The molecule has 21 N–H and O–H groups in total. The summed E-state index contributed by atoms with van der Waals surface area (Å²) < 4.78 is 0. The van der Waals surface area contributed by atoms with Gasteiger partial charge in [-0.2, -0.15) is 0 Å². The number of rotatable bonds is 46. The molecule has 1 rings (SSSR count). The summed E-state index contributed by atoms with van der Waals surface area (Å²) in [6, 6.07) is -8.83. The van der Waals surface area contributed by atoms with Gasteiger partial charge in [-0.25, -0.2) is 0 Å². The lowest BCUT2D eigenvalue weighted by atomic mass is 9.95. The number of nitrogens with two attached hydrogens (primary N) is 1. The third kappa shape index (κ3) is 33.5. The first-order valence-corrected chi connectivity index (χ1v) is 40.0. The number of aliphatic hydroxyl groups is 1. The van der Waals surface area contributed by atoms with E-state index in [1.54, 1.807) is 41.5 Å². The first-order valence-electron chi connectivity index (χ1n) is 40.0. The smallest absolute Gasteiger partial charge is 0.303 e. The number of carboxylic acid groups (broad SMARTS) is 1. The quantitative estimate of drug-likeness (QED) is 0.0286. The van der Waals surface area contributed by atoms with Crippen LogP contribution in [-0.4, -0.2) is 251 Å². The van der Waals surface area contributed by atoms with Gasteiger partial charge in [0.15, 0.2) is 0 Å². The van der Waals surface area contributed by atoms with Crippen molar-refractivity contribution in [1.82, 2.24) is 95.3 Å². The average molecular weight is 1710 g/mol. The van der Waals surface area contributed by atoms with E-state index in [4.69, 9.17) is 5.73 Å². The fourth-order valence-electron chi connectivity index (χ4n) is 11.7. The molecule has 41 nitrogen and oxygen atoms in total. The van der Waals surface area contributed by atoms with E-state index in [0.29, 0.717) is 6.42 Å². The standard InChI is InChI=1S/C79H137N19O22/c1-40(2)36-47(57(108)93-77(23,24)65(116)94-74(17,18)64(115)85-45(32-34-53(103)104)55(106)84-49(39-99)42(5)6)83-59(110)50-30-29-35-98(50)69(120)79(27,28)97-67(118)75(19,20)90-54(105)43(7)82-61(112)73(15,16)95-68(119)78(25,26)96-66(117)76(21,22)91-56(107)46(31-33-51(80)101)86-63(114)72(13,14)92-58(109)48(37-41(3)4)87-62(113)71(11,12)89-52(102)38-81-60(111)70(9,10)88-44(8)100/h40-43,45-50,99H,29-39H2,1-28H3,(H2,80,101)(H,81,111)(H,82,112)(H,83,110)(H,84,106)(H,85,115)(H,86,114)(H,87,113)(H,88,100)(H,89,102)(H,90,105)(H,91,107)(H,92,109)(H,93,108)(H,94,116)(H,95,119)(H,96,117)(H,97,118)(H,103,104)/t43-,45-,46-,47-,48-,49?,50-/m0/s1. The highest BCUT2D eigenvalue weighted by molar-refractivity contribution is 6.04. The number of carboxylic acids is 1. The monoisotopic (exact) mass is 1700 g/mol. The number of aliphatic hydroxyl groups excluding tert-OH is 1. The number of nitrogens with zero attached hydrogens (tertiary/aromatic N) is 1. The van der Waals surface area contributed by atoms with Crippen LogP contribution in [0.15, 0.2) is 0 Å². The van der Waals surface area contributed by atoms with E-state index in [1.165, 1.54) is 157 Å². The highest BCUT2D eigenvalue weighted by Crippen LogP contribution is 2.25. The van der Waals surface area contributed by atoms with E-state index in [1.807, 2.05) is 0 Å². The predicted octanol–water partition coefficient (Wildman–Crippen LogP) is -3.14. The molecule has 120 heavy (non-hydrogen) atoms. The van der Waals surface area contributed by atoms with Gasteiger partial charge in [0.05, 0.1) is 19.2 Å². The number of hydrogen-bond donors (Lipinski definition) is 20. The number of primary amides is 1. The fourth-order valence-corrected chi connectivity index (χ4v) is 11.7. The van der Waals surface area contributed by atoms with E-state index < -0.39 is 248 Å². The van der Waals surface area contributed by atoms with Gasteiger partial charge in [-0.1, -0.05) is 41.5 Å². The number of nitrogens with one attached hydrogen (secondary N) is 17. The van der Waals surface area contributed by atoms with Crippen molar-refractivity contribution in [3.63, 3.8) is 0 Å². The predicted molar refractivity (Wildman–Crippen MR) is 439 cm³/mol. The normalized spacial score (nSPS) is 15.2. The van der Waals surface area contributed by atoms with E-state index >= 15 is 0 Å². The maximum absolute atomic E-state index is 14.4. The molecule has 19 amide bonds. The largest absolute Gasteiger partial charge is 0.481 e. The van der Waals surface area contributed by atoms with Crippen molar-refractivity contribution in [3.05, 3.63) is 0 Å². The Morgan fingerprint density at radius 1 is 0.383 bits per heavy atom. The van der Waals surface area contributed by atoms with E-state index in [2.05, 4.69) is 90.4 Å². The zero-order valence-electron chi connectivity index (χ0n) is 75.1. The summed E-state index contributed by atoms with van der Waals surface area (Å²) in [5, 5.41) is 62.3. The number of carbonyl (C=O) groups is 20. The van der Waals surface area contributed by atoms with Gasteiger partial charge in [0.25, 0.3) is 0 Å². The van der Waals surface area contributed by atoms with Crippen molar-refractivity contribution in [1.29, 1.82) is 0 Å². The number of likely N-dealkylation sites (tertiary alicyclic amines) is 1. The Bertz CT molecular complexity index is 3840. The summed E-state index contributed by atoms with van der Waals surface area (Å²) in [5.41, 5.74) is -12.2. The van der Waals surface area contributed by atoms with Crippen LogP contribution in [0, 0.1) is 17.8 Å². The Balaban J connectivity index is 3.18. The molecule has 1 aliphatic rings. The second kappa shape index (κ2) is 43.0. The summed E-state index contributed by atoms with van der Waals surface area (Å²) >= 11 is 0. The number of amides is 19. The molecule has 1 saturated heterocycles. The van der Waals surface area contributed by atoms with Crippen LogP contribution in [0.1, 0.15) is 245 Å².